The van der Waals surface area contributed by atoms with E-state index < -0.39 is 0 Å². The zero-order valence-corrected chi connectivity index (χ0v) is 12.2. The molecule has 2 atom stereocenters. The molecular weight excluding hydrogens is 244 g/mol. The second kappa shape index (κ2) is 6.27. The van der Waals surface area contributed by atoms with Crippen LogP contribution in [0.5, 0.6) is 0 Å². The van der Waals surface area contributed by atoms with Gasteiger partial charge in [0.15, 0.2) is 0 Å². The maximum Gasteiger partial charge on any atom is 0.224 e. The van der Waals surface area contributed by atoms with Crippen LogP contribution in [-0.4, -0.2) is 34.1 Å². The van der Waals surface area contributed by atoms with Crippen molar-refractivity contribution in [3.8, 4) is 0 Å². The Bertz CT molecular complexity index is 397. The van der Waals surface area contributed by atoms with Crippen molar-refractivity contribution in [3.05, 3.63) is 11.8 Å². The molecule has 1 saturated carbocycles. The first-order valence-electron chi connectivity index (χ1n) is 6.60. The predicted octanol–water partition coefficient (Wildman–Crippen LogP) is 2.91. The number of thioether (sulfide) groups is 1. The maximum atomic E-state index is 4.50. The van der Waals surface area contributed by atoms with Crippen molar-refractivity contribution in [3.63, 3.8) is 0 Å². The molecule has 100 valence electrons. The second-order valence-corrected chi connectivity index (χ2v) is 5.90. The fourth-order valence-electron chi connectivity index (χ4n) is 2.37. The van der Waals surface area contributed by atoms with E-state index in [1.165, 1.54) is 19.3 Å². The molecule has 0 aromatic carbocycles. The van der Waals surface area contributed by atoms with E-state index in [1.807, 2.05) is 24.8 Å². The highest BCUT2D eigenvalue weighted by atomic mass is 32.2. The molecule has 0 spiro atoms. The van der Waals surface area contributed by atoms with Gasteiger partial charge in [-0.05, 0) is 39.4 Å². The Hall–Kier alpha value is -0.970. The molecule has 1 aromatic heterocycles. The van der Waals surface area contributed by atoms with Crippen molar-refractivity contribution < 1.29 is 0 Å². The van der Waals surface area contributed by atoms with Crippen LogP contribution in [-0.2, 0) is 0 Å². The molecule has 0 radical (unpaired) electrons. The van der Waals surface area contributed by atoms with Gasteiger partial charge in [-0.1, -0.05) is 0 Å². The van der Waals surface area contributed by atoms with Crippen LogP contribution in [0.3, 0.4) is 0 Å². The third-order valence-corrected chi connectivity index (χ3v) is 4.35. The summed E-state index contributed by atoms with van der Waals surface area (Å²) in [6.45, 7) is 4.91. The number of hydrogen-bond donors (Lipinski definition) is 2. The van der Waals surface area contributed by atoms with Crippen LogP contribution in [0.25, 0.3) is 0 Å². The normalized spacial score (nSPS) is 23.1. The van der Waals surface area contributed by atoms with Gasteiger partial charge in [-0.25, -0.2) is 4.98 Å². The molecule has 18 heavy (non-hydrogen) atoms. The van der Waals surface area contributed by atoms with E-state index in [1.54, 1.807) is 0 Å². The molecule has 2 unspecified atom stereocenters. The lowest BCUT2D eigenvalue weighted by molar-refractivity contribution is 0.751. The fourth-order valence-corrected chi connectivity index (χ4v) is 3.17. The summed E-state index contributed by atoms with van der Waals surface area (Å²) in [5, 5.41) is 7.51. The van der Waals surface area contributed by atoms with Gasteiger partial charge in [0.1, 0.15) is 5.82 Å². The van der Waals surface area contributed by atoms with E-state index in [4.69, 9.17) is 0 Å². The number of nitrogens with zero attached hydrogens (tertiary/aromatic N) is 2. The van der Waals surface area contributed by atoms with Crippen LogP contribution in [0.2, 0.25) is 0 Å². The van der Waals surface area contributed by atoms with Gasteiger partial charge in [0, 0.05) is 29.6 Å². The van der Waals surface area contributed by atoms with Crippen molar-refractivity contribution in [1.29, 1.82) is 0 Å². The smallest absolute Gasteiger partial charge is 0.224 e. The molecule has 0 aliphatic heterocycles. The molecular formula is C13H22N4S. The van der Waals surface area contributed by atoms with Gasteiger partial charge in [-0.3, -0.25) is 0 Å². The van der Waals surface area contributed by atoms with Crippen molar-refractivity contribution >= 4 is 23.5 Å². The molecule has 1 fully saturated rings. The molecule has 4 nitrogen and oxygen atoms in total. The van der Waals surface area contributed by atoms with Crippen LogP contribution in [0, 0.1) is 6.92 Å². The second-order valence-electron chi connectivity index (χ2n) is 4.76. The van der Waals surface area contributed by atoms with E-state index >= 15 is 0 Å². The summed E-state index contributed by atoms with van der Waals surface area (Å²) < 4.78 is 0. The van der Waals surface area contributed by atoms with Gasteiger partial charge in [0.2, 0.25) is 5.95 Å². The quantitative estimate of drug-likeness (QED) is 0.858. The molecule has 1 aromatic rings. The van der Waals surface area contributed by atoms with Crippen LogP contribution >= 0.6 is 11.8 Å². The minimum Gasteiger partial charge on any atom is -0.367 e. The maximum absolute atomic E-state index is 4.50. The Morgan fingerprint density at radius 3 is 2.89 bits per heavy atom. The first kappa shape index (κ1) is 13.5. The molecule has 2 rings (SSSR count). The fraction of sp³-hybridized carbons (Fsp3) is 0.692. The molecule has 1 aliphatic rings. The number of rotatable bonds is 5. The lowest BCUT2D eigenvalue weighted by atomic mass is 10.2. The molecule has 0 bridgehead atoms. The lowest BCUT2D eigenvalue weighted by Crippen LogP contribution is -2.17. The van der Waals surface area contributed by atoms with Crippen LogP contribution < -0.4 is 10.6 Å². The third kappa shape index (κ3) is 3.51. The van der Waals surface area contributed by atoms with Gasteiger partial charge < -0.3 is 10.6 Å². The largest absolute Gasteiger partial charge is 0.367 e. The van der Waals surface area contributed by atoms with E-state index in [0.717, 1.165) is 29.3 Å². The molecule has 0 amide bonds. The third-order valence-electron chi connectivity index (χ3n) is 3.26. The van der Waals surface area contributed by atoms with Crippen LogP contribution in [0.1, 0.15) is 31.9 Å². The summed E-state index contributed by atoms with van der Waals surface area (Å²) in [6, 6.07) is 2.58. The molecule has 2 N–H and O–H groups in total. The van der Waals surface area contributed by atoms with E-state index in [-0.39, 0.29) is 0 Å². The van der Waals surface area contributed by atoms with Crippen molar-refractivity contribution in [1.82, 2.24) is 9.97 Å². The zero-order chi connectivity index (χ0) is 13.0. The van der Waals surface area contributed by atoms with Gasteiger partial charge in [-0.2, -0.15) is 16.7 Å². The first-order valence-corrected chi connectivity index (χ1v) is 7.89. The predicted molar refractivity (Wildman–Crippen MR) is 79.5 cm³/mol. The number of aryl methyl sites for hydroxylation is 1. The minimum absolute atomic E-state index is 0.561. The minimum atomic E-state index is 0.561. The number of nitrogens with one attached hydrogen (secondary N) is 2. The van der Waals surface area contributed by atoms with Gasteiger partial charge in [0.05, 0.1) is 0 Å². The Morgan fingerprint density at radius 2 is 2.22 bits per heavy atom. The Kier molecular flexibility index (Phi) is 4.69. The lowest BCUT2D eigenvalue weighted by Gasteiger charge is -2.14. The van der Waals surface area contributed by atoms with Gasteiger partial charge in [-0.15, -0.1) is 0 Å². The summed E-state index contributed by atoms with van der Waals surface area (Å²) in [4.78, 5) is 8.86. The standard InChI is InChI=1S/C13H22N4S/c1-4-14-13-15-9(2)7-12(17-13)16-10-5-6-11(8-10)18-3/h7,10-11H,4-6,8H2,1-3H3,(H2,14,15,16,17). The molecule has 1 aliphatic carbocycles. The summed E-state index contributed by atoms with van der Waals surface area (Å²) in [6.07, 6.45) is 5.99. The van der Waals surface area contributed by atoms with Crippen LogP contribution in [0.15, 0.2) is 6.07 Å². The van der Waals surface area contributed by atoms with Crippen molar-refractivity contribution in [2.45, 2.75) is 44.4 Å². The highest BCUT2D eigenvalue weighted by Gasteiger charge is 2.24. The zero-order valence-electron chi connectivity index (χ0n) is 11.4. The topological polar surface area (TPSA) is 49.8 Å². The Morgan fingerprint density at radius 1 is 1.39 bits per heavy atom. The van der Waals surface area contributed by atoms with Gasteiger partial charge >= 0.3 is 0 Å². The van der Waals surface area contributed by atoms with Crippen LogP contribution in [0.4, 0.5) is 11.8 Å². The van der Waals surface area contributed by atoms with E-state index in [0.29, 0.717) is 6.04 Å². The first-order chi connectivity index (χ1) is 8.71. The monoisotopic (exact) mass is 266 g/mol. The van der Waals surface area contributed by atoms with E-state index in [2.05, 4.69) is 33.8 Å². The average Bonchev–Trinajstić information content (AvgIpc) is 2.76. The highest BCUT2D eigenvalue weighted by molar-refractivity contribution is 7.99. The Balaban J connectivity index is 2.00. The summed E-state index contributed by atoms with van der Waals surface area (Å²) in [5.74, 6) is 1.67. The molecule has 1 heterocycles. The van der Waals surface area contributed by atoms with Crippen molar-refractivity contribution in [2.75, 3.05) is 23.4 Å². The van der Waals surface area contributed by atoms with Crippen molar-refractivity contribution in [2.24, 2.45) is 0 Å². The average molecular weight is 266 g/mol. The summed E-state index contributed by atoms with van der Waals surface area (Å²) in [5.41, 5.74) is 1.00. The van der Waals surface area contributed by atoms with Gasteiger partial charge in [0.25, 0.3) is 0 Å². The number of anilines is 2. The highest BCUT2D eigenvalue weighted by Crippen LogP contribution is 2.30. The molecule has 5 heteroatoms. The van der Waals surface area contributed by atoms with E-state index in [9.17, 15) is 0 Å². The summed E-state index contributed by atoms with van der Waals surface area (Å²) in [7, 11) is 0. The number of hydrogen-bond acceptors (Lipinski definition) is 5. The Labute approximate surface area is 113 Å². The summed E-state index contributed by atoms with van der Waals surface area (Å²) >= 11 is 1.98. The SMILES string of the molecule is CCNc1nc(C)cc(NC2CCC(SC)C2)n1. The molecule has 0 saturated heterocycles. The number of aromatic nitrogens is 2.